The van der Waals surface area contributed by atoms with Crippen LogP contribution in [-0.2, 0) is 6.61 Å². The molecule has 0 spiro atoms. The van der Waals surface area contributed by atoms with Crippen molar-refractivity contribution in [3.8, 4) is 17.6 Å². The quantitative estimate of drug-likeness (QED) is 0.877. The second kappa shape index (κ2) is 6.92. The van der Waals surface area contributed by atoms with Crippen molar-refractivity contribution in [2.24, 2.45) is 5.73 Å². The topological polar surface area (TPSA) is 35.2 Å². The Morgan fingerprint density at radius 1 is 1.10 bits per heavy atom. The summed E-state index contributed by atoms with van der Waals surface area (Å²) in [5.74, 6) is 5.74. The molecule has 0 radical (unpaired) electrons. The number of nitrogens with two attached hydrogens (primary N) is 1. The molecule has 2 aromatic rings. The van der Waals surface area contributed by atoms with Crippen LogP contribution in [0.2, 0.25) is 0 Å². The predicted octanol–water partition coefficient (Wildman–Crippen LogP) is 3.33. The summed E-state index contributed by atoms with van der Waals surface area (Å²) in [7, 11) is 0. The SMILES string of the molecule is Cc1ccc(COc2cc(F)ccc2C#CCN)cc1C. The summed E-state index contributed by atoms with van der Waals surface area (Å²) in [6, 6.07) is 10.4. The zero-order chi connectivity index (χ0) is 15.2. The van der Waals surface area contributed by atoms with Gasteiger partial charge in [0.25, 0.3) is 0 Å². The smallest absolute Gasteiger partial charge is 0.138 e. The third-order valence-electron chi connectivity index (χ3n) is 3.23. The predicted molar refractivity (Wildman–Crippen MR) is 82.6 cm³/mol. The first kappa shape index (κ1) is 15.1. The molecular formula is C18H18FNO. The van der Waals surface area contributed by atoms with E-state index in [4.69, 9.17) is 10.5 Å². The van der Waals surface area contributed by atoms with Gasteiger partial charge in [-0.1, -0.05) is 30.0 Å². The molecule has 2 rings (SSSR count). The molecule has 108 valence electrons. The van der Waals surface area contributed by atoms with E-state index in [9.17, 15) is 4.39 Å². The number of benzene rings is 2. The highest BCUT2D eigenvalue weighted by molar-refractivity contribution is 5.46. The van der Waals surface area contributed by atoms with E-state index >= 15 is 0 Å². The largest absolute Gasteiger partial charge is 0.487 e. The number of rotatable bonds is 3. The van der Waals surface area contributed by atoms with Crippen LogP contribution < -0.4 is 10.5 Å². The molecule has 2 nitrogen and oxygen atoms in total. The van der Waals surface area contributed by atoms with E-state index in [0.29, 0.717) is 17.9 Å². The molecule has 0 bridgehead atoms. The Hall–Kier alpha value is -2.31. The lowest BCUT2D eigenvalue weighted by Gasteiger charge is -2.10. The number of hydrogen-bond donors (Lipinski definition) is 1. The van der Waals surface area contributed by atoms with Gasteiger partial charge in [-0.3, -0.25) is 0 Å². The Kier molecular flexibility index (Phi) is 4.97. The van der Waals surface area contributed by atoms with Crippen LogP contribution in [0.5, 0.6) is 5.75 Å². The van der Waals surface area contributed by atoms with Crippen molar-refractivity contribution in [1.29, 1.82) is 0 Å². The van der Waals surface area contributed by atoms with Crippen molar-refractivity contribution < 1.29 is 9.13 Å². The van der Waals surface area contributed by atoms with Crippen molar-refractivity contribution >= 4 is 0 Å². The van der Waals surface area contributed by atoms with Crippen LogP contribution in [0.3, 0.4) is 0 Å². The third-order valence-corrected chi connectivity index (χ3v) is 3.23. The lowest BCUT2D eigenvalue weighted by atomic mass is 10.1. The monoisotopic (exact) mass is 283 g/mol. The third kappa shape index (κ3) is 4.08. The molecule has 0 aliphatic carbocycles. The maximum absolute atomic E-state index is 13.4. The normalized spacial score (nSPS) is 9.90. The van der Waals surface area contributed by atoms with Crippen molar-refractivity contribution in [2.45, 2.75) is 20.5 Å². The summed E-state index contributed by atoms with van der Waals surface area (Å²) in [5.41, 5.74) is 9.49. The van der Waals surface area contributed by atoms with E-state index in [2.05, 4.69) is 37.8 Å². The van der Waals surface area contributed by atoms with E-state index in [0.717, 1.165) is 5.56 Å². The summed E-state index contributed by atoms with van der Waals surface area (Å²) in [5, 5.41) is 0. The average Bonchev–Trinajstić information content (AvgIpc) is 2.47. The number of ether oxygens (including phenoxy) is 1. The van der Waals surface area contributed by atoms with Gasteiger partial charge in [0.1, 0.15) is 18.2 Å². The van der Waals surface area contributed by atoms with Crippen LogP contribution in [0.1, 0.15) is 22.3 Å². The number of halogens is 1. The van der Waals surface area contributed by atoms with Crippen LogP contribution in [0, 0.1) is 31.5 Å². The van der Waals surface area contributed by atoms with Gasteiger partial charge in [0.2, 0.25) is 0 Å². The van der Waals surface area contributed by atoms with Gasteiger partial charge in [-0.15, -0.1) is 0 Å². The number of hydrogen-bond acceptors (Lipinski definition) is 2. The summed E-state index contributed by atoms with van der Waals surface area (Å²) in [6.45, 7) is 4.75. The molecule has 0 unspecified atom stereocenters. The van der Waals surface area contributed by atoms with Crippen molar-refractivity contribution in [3.05, 3.63) is 64.5 Å². The molecule has 0 aliphatic heterocycles. The molecule has 3 heteroatoms. The lowest BCUT2D eigenvalue weighted by Crippen LogP contribution is -1.99. The van der Waals surface area contributed by atoms with Crippen LogP contribution in [0.4, 0.5) is 4.39 Å². The van der Waals surface area contributed by atoms with Gasteiger partial charge in [0.15, 0.2) is 0 Å². The summed E-state index contributed by atoms with van der Waals surface area (Å²) in [6.07, 6.45) is 0. The molecule has 0 aromatic heterocycles. The van der Waals surface area contributed by atoms with E-state index in [1.54, 1.807) is 6.07 Å². The molecule has 2 aromatic carbocycles. The van der Waals surface area contributed by atoms with E-state index in [1.165, 1.54) is 23.3 Å². The van der Waals surface area contributed by atoms with Gasteiger partial charge in [-0.2, -0.15) is 0 Å². The minimum absolute atomic E-state index is 0.258. The molecule has 0 heterocycles. The van der Waals surface area contributed by atoms with Crippen LogP contribution in [0.25, 0.3) is 0 Å². The Labute approximate surface area is 124 Å². The van der Waals surface area contributed by atoms with Crippen LogP contribution >= 0.6 is 0 Å². The first-order valence-electron chi connectivity index (χ1n) is 6.77. The fourth-order valence-corrected chi connectivity index (χ4v) is 1.92. The first-order chi connectivity index (χ1) is 10.1. The molecule has 0 fully saturated rings. The van der Waals surface area contributed by atoms with E-state index in [-0.39, 0.29) is 12.4 Å². The zero-order valence-electron chi connectivity index (χ0n) is 12.2. The highest BCUT2D eigenvalue weighted by Crippen LogP contribution is 2.21. The highest BCUT2D eigenvalue weighted by Gasteiger charge is 2.05. The van der Waals surface area contributed by atoms with Crippen LogP contribution in [-0.4, -0.2) is 6.54 Å². The highest BCUT2D eigenvalue weighted by atomic mass is 19.1. The van der Waals surface area contributed by atoms with Gasteiger partial charge >= 0.3 is 0 Å². The first-order valence-corrected chi connectivity index (χ1v) is 6.77. The summed E-state index contributed by atoms with van der Waals surface area (Å²) in [4.78, 5) is 0. The molecule has 0 aliphatic rings. The zero-order valence-corrected chi connectivity index (χ0v) is 12.2. The minimum Gasteiger partial charge on any atom is -0.487 e. The average molecular weight is 283 g/mol. The van der Waals surface area contributed by atoms with Crippen LogP contribution in [0.15, 0.2) is 36.4 Å². The molecule has 0 atom stereocenters. The minimum atomic E-state index is -0.344. The Morgan fingerprint density at radius 2 is 1.90 bits per heavy atom. The molecule has 0 amide bonds. The second-order valence-electron chi connectivity index (χ2n) is 4.85. The molecule has 21 heavy (non-hydrogen) atoms. The Morgan fingerprint density at radius 3 is 2.62 bits per heavy atom. The van der Waals surface area contributed by atoms with Gasteiger partial charge < -0.3 is 10.5 Å². The van der Waals surface area contributed by atoms with Crippen molar-refractivity contribution in [3.63, 3.8) is 0 Å². The number of aryl methyl sites for hydroxylation is 2. The molecule has 0 saturated carbocycles. The maximum Gasteiger partial charge on any atom is 0.138 e. The lowest BCUT2D eigenvalue weighted by molar-refractivity contribution is 0.303. The molecular weight excluding hydrogens is 265 g/mol. The van der Waals surface area contributed by atoms with Gasteiger partial charge in [0, 0.05) is 6.07 Å². The Balaban J connectivity index is 2.18. The molecule has 2 N–H and O–H groups in total. The van der Waals surface area contributed by atoms with Gasteiger partial charge in [0.05, 0.1) is 12.1 Å². The van der Waals surface area contributed by atoms with E-state index in [1.807, 2.05) is 6.07 Å². The second-order valence-corrected chi connectivity index (χ2v) is 4.85. The summed E-state index contributed by atoms with van der Waals surface area (Å²) < 4.78 is 19.1. The van der Waals surface area contributed by atoms with Crippen molar-refractivity contribution in [2.75, 3.05) is 6.54 Å². The fourth-order valence-electron chi connectivity index (χ4n) is 1.92. The molecule has 0 saturated heterocycles. The van der Waals surface area contributed by atoms with Crippen molar-refractivity contribution in [1.82, 2.24) is 0 Å². The standard InChI is InChI=1S/C18H18FNO/c1-13-5-6-15(10-14(13)2)12-21-18-11-17(19)8-7-16(18)4-3-9-20/h5-8,10-11H,9,12,20H2,1-2H3. The maximum atomic E-state index is 13.4. The summed E-state index contributed by atoms with van der Waals surface area (Å²) >= 11 is 0. The van der Waals surface area contributed by atoms with Gasteiger partial charge in [-0.05, 0) is 42.7 Å². The Bertz CT molecular complexity index is 698. The fraction of sp³-hybridized carbons (Fsp3) is 0.222. The van der Waals surface area contributed by atoms with Gasteiger partial charge in [-0.25, -0.2) is 4.39 Å². The van der Waals surface area contributed by atoms with E-state index < -0.39 is 0 Å².